The van der Waals surface area contributed by atoms with Crippen molar-refractivity contribution in [3.63, 3.8) is 0 Å². The van der Waals surface area contributed by atoms with Crippen LogP contribution in [0.25, 0.3) is 42.4 Å². The van der Waals surface area contributed by atoms with Crippen LogP contribution in [0.4, 0.5) is 0 Å². The van der Waals surface area contributed by atoms with Gasteiger partial charge in [-0.2, -0.15) is 0 Å². The van der Waals surface area contributed by atoms with Crippen LogP contribution < -0.4 is 0 Å². The molecule has 0 aliphatic heterocycles. The molecule has 0 saturated carbocycles. The number of fused-ring (bicyclic) bond motifs is 4. The number of allylic oxidation sites excluding steroid dienone is 2. The van der Waals surface area contributed by atoms with Crippen LogP contribution in [-0.4, -0.2) is 15.9 Å². The third-order valence-electron chi connectivity index (χ3n) is 9.75. The minimum absolute atomic E-state index is 0. The summed E-state index contributed by atoms with van der Waals surface area (Å²) in [6.45, 7) is 23.9. The van der Waals surface area contributed by atoms with Crippen molar-refractivity contribution in [3.8, 4) is 11.3 Å². The molecule has 6 heteroatoms. The molecule has 1 N–H and O–H groups in total. The fraction of sp³-hybridized carbons (Fsp3) is 0.476. The summed E-state index contributed by atoms with van der Waals surface area (Å²) < 4.78 is 7.57. The molecule has 48 heavy (non-hydrogen) atoms. The number of aliphatic hydroxyl groups excluding tert-OH is 1. The number of rotatable bonds is 9. The minimum Gasteiger partial charge on any atom is -0.512 e. The van der Waals surface area contributed by atoms with E-state index in [1.165, 1.54) is 27.1 Å². The van der Waals surface area contributed by atoms with E-state index in [0.29, 0.717) is 5.92 Å². The van der Waals surface area contributed by atoms with Crippen molar-refractivity contribution in [2.75, 3.05) is 0 Å². The number of furan rings is 1. The second-order valence-electron chi connectivity index (χ2n) is 15.0. The van der Waals surface area contributed by atoms with Crippen LogP contribution in [0.5, 0.6) is 0 Å². The van der Waals surface area contributed by atoms with Gasteiger partial charge in [0.25, 0.3) is 0 Å². The molecule has 3 aromatic heterocycles. The number of benzene rings is 2. The number of carbonyl (C=O) groups excluding carboxylic acids is 1. The maximum atomic E-state index is 11.7. The molecule has 0 bridgehead atoms. The van der Waals surface area contributed by atoms with Gasteiger partial charge >= 0.3 is 0 Å². The van der Waals surface area contributed by atoms with Crippen LogP contribution in [0.1, 0.15) is 119 Å². The van der Waals surface area contributed by atoms with E-state index in [2.05, 4.69) is 97.0 Å². The number of aromatic nitrogens is 1. The standard InChI is InChI=1S/C29H30NOS.C13H24O2.Ir/c1-17(28(2,3)4)23-16-21-25-24(32-27(21)31-23)12-13-30-26(25)19-14-18-10-8-9-11-20(18)22(15-19)29(5,6)7;1-5-10(6-2)12(14)9-13(15)11(7-3)8-4;/h8-13,15-17H,1-7H3;9-11,14H,5-8H2,1-4H3;/q-1;;/b;12-9-;. The van der Waals surface area contributed by atoms with Crippen molar-refractivity contribution in [2.24, 2.45) is 17.3 Å². The molecule has 5 aromatic rings. The summed E-state index contributed by atoms with van der Waals surface area (Å²) in [6, 6.07) is 18.8. The van der Waals surface area contributed by atoms with Gasteiger partial charge in [-0.3, -0.25) is 9.78 Å². The Morgan fingerprint density at radius 1 is 0.938 bits per heavy atom. The van der Waals surface area contributed by atoms with Gasteiger partial charge in [0, 0.05) is 65.9 Å². The Labute approximate surface area is 305 Å². The molecular weight excluding hydrogens is 791 g/mol. The molecule has 0 aliphatic carbocycles. The first kappa shape index (κ1) is 39.6. The number of hydrogen-bond donors (Lipinski definition) is 1. The van der Waals surface area contributed by atoms with Gasteiger partial charge in [0.2, 0.25) is 0 Å². The number of carbonyl (C=O) groups is 1. The Hall–Kier alpha value is -2.79. The van der Waals surface area contributed by atoms with Gasteiger partial charge in [-0.25, -0.2) is 0 Å². The first-order valence-electron chi connectivity index (χ1n) is 17.4. The normalized spacial score (nSPS) is 13.2. The Morgan fingerprint density at radius 3 is 2.15 bits per heavy atom. The zero-order valence-corrected chi connectivity index (χ0v) is 33.9. The summed E-state index contributed by atoms with van der Waals surface area (Å²) in [5.41, 5.74) is 3.52. The largest absolute Gasteiger partial charge is 0.512 e. The van der Waals surface area contributed by atoms with Gasteiger partial charge in [0.15, 0.2) is 10.7 Å². The van der Waals surface area contributed by atoms with E-state index in [1.807, 2.05) is 33.9 Å². The molecule has 3 heterocycles. The van der Waals surface area contributed by atoms with E-state index in [9.17, 15) is 9.90 Å². The van der Waals surface area contributed by atoms with Gasteiger partial charge < -0.3 is 9.52 Å². The summed E-state index contributed by atoms with van der Waals surface area (Å²) in [5, 5.41) is 14.5. The molecule has 261 valence electrons. The number of aliphatic hydroxyl groups is 1. The molecule has 5 rings (SSSR count). The minimum atomic E-state index is 0. The van der Waals surface area contributed by atoms with Gasteiger partial charge in [0.1, 0.15) is 5.76 Å². The monoisotopic (exact) mass is 845 g/mol. The Kier molecular flexibility index (Phi) is 13.4. The Morgan fingerprint density at radius 2 is 1.56 bits per heavy atom. The first-order valence-corrected chi connectivity index (χ1v) is 18.2. The molecule has 1 unspecified atom stereocenters. The van der Waals surface area contributed by atoms with Crippen molar-refractivity contribution in [1.82, 2.24) is 4.98 Å². The average molecular weight is 845 g/mol. The van der Waals surface area contributed by atoms with E-state index in [0.717, 1.165) is 58.4 Å². The number of hydrogen-bond acceptors (Lipinski definition) is 5. The molecule has 0 amide bonds. The quantitative estimate of drug-likeness (QED) is 0.0912. The zero-order chi connectivity index (χ0) is 34.7. The number of thiophene rings is 1. The number of ketones is 1. The van der Waals surface area contributed by atoms with E-state index in [-0.39, 0.29) is 54.3 Å². The fourth-order valence-electron chi connectivity index (χ4n) is 6.13. The summed E-state index contributed by atoms with van der Waals surface area (Å²) >= 11 is 1.71. The predicted molar refractivity (Wildman–Crippen MR) is 202 cm³/mol. The second kappa shape index (κ2) is 16.3. The number of pyridine rings is 1. The third kappa shape index (κ3) is 8.67. The van der Waals surface area contributed by atoms with Crippen molar-refractivity contribution < 1.29 is 34.4 Å². The van der Waals surface area contributed by atoms with Gasteiger partial charge in [-0.15, -0.1) is 29.1 Å². The smallest absolute Gasteiger partial charge is 0.188 e. The van der Waals surface area contributed by atoms with Crippen molar-refractivity contribution >= 4 is 48.3 Å². The van der Waals surface area contributed by atoms with Crippen LogP contribution in [-0.2, 0) is 30.3 Å². The third-order valence-corrected chi connectivity index (χ3v) is 10.8. The van der Waals surface area contributed by atoms with E-state index in [1.54, 1.807) is 11.3 Å². The second-order valence-corrected chi connectivity index (χ2v) is 16.0. The van der Waals surface area contributed by atoms with E-state index in [4.69, 9.17) is 9.40 Å². The van der Waals surface area contributed by atoms with Crippen LogP contribution in [0.3, 0.4) is 0 Å². The SMILES string of the molecule is CC(c1cc2c(o1)sc1ccnc(-c3[c-]c4ccccc4c(C(C)(C)C)c3)c12)C(C)(C)C.CCC(CC)C(=O)/C=C(\O)C(CC)CC.[Ir]. The molecule has 1 radical (unpaired) electrons. The van der Waals surface area contributed by atoms with Crippen molar-refractivity contribution in [2.45, 2.75) is 113 Å². The van der Waals surface area contributed by atoms with Crippen LogP contribution in [0.2, 0.25) is 0 Å². The summed E-state index contributed by atoms with van der Waals surface area (Å²) in [5.74, 6) is 1.93. The summed E-state index contributed by atoms with van der Waals surface area (Å²) in [7, 11) is 0. The zero-order valence-electron chi connectivity index (χ0n) is 30.7. The molecule has 0 fully saturated rings. The van der Waals surface area contributed by atoms with Gasteiger partial charge in [-0.1, -0.05) is 117 Å². The molecular formula is C42H54IrNO3S-. The molecule has 0 aliphatic rings. The van der Waals surface area contributed by atoms with E-state index < -0.39 is 0 Å². The first-order chi connectivity index (χ1) is 22.1. The molecule has 0 spiro atoms. The van der Waals surface area contributed by atoms with Crippen LogP contribution in [0.15, 0.2) is 64.9 Å². The molecule has 2 aromatic carbocycles. The number of nitrogens with zero attached hydrogens (tertiary/aromatic N) is 1. The predicted octanol–water partition coefficient (Wildman–Crippen LogP) is 13.0. The summed E-state index contributed by atoms with van der Waals surface area (Å²) in [6.07, 6.45) is 6.81. The van der Waals surface area contributed by atoms with Crippen LogP contribution in [0, 0.1) is 23.3 Å². The summed E-state index contributed by atoms with van der Waals surface area (Å²) in [4.78, 5) is 17.6. The molecule has 1 atom stereocenters. The Bertz CT molecular complexity index is 1860. The molecule has 0 saturated heterocycles. The molecule has 4 nitrogen and oxygen atoms in total. The van der Waals surface area contributed by atoms with Gasteiger partial charge in [0.05, 0.1) is 5.76 Å². The van der Waals surface area contributed by atoms with Crippen LogP contribution >= 0.6 is 11.3 Å². The van der Waals surface area contributed by atoms with Gasteiger partial charge in [-0.05, 0) is 54.0 Å². The average Bonchev–Trinajstić information content (AvgIpc) is 3.59. The van der Waals surface area contributed by atoms with E-state index >= 15 is 0 Å². The topological polar surface area (TPSA) is 63.3 Å². The maximum absolute atomic E-state index is 11.7. The Balaban J connectivity index is 0.000000334. The van der Waals surface area contributed by atoms with Crippen molar-refractivity contribution in [3.05, 3.63) is 77.9 Å². The fourth-order valence-corrected chi connectivity index (χ4v) is 7.18. The van der Waals surface area contributed by atoms with Crippen molar-refractivity contribution in [1.29, 1.82) is 0 Å². The maximum Gasteiger partial charge on any atom is 0.188 e.